The Balaban J connectivity index is 1.67. The first-order chi connectivity index (χ1) is 15.1. The maximum absolute atomic E-state index is 13.2. The number of hydrogen-bond acceptors (Lipinski definition) is 5. The first kappa shape index (κ1) is 21.8. The Morgan fingerprint density at radius 2 is 1.84 bits per heavy atom. The number of halogens is 2. The van der Waals surface area contributed by atoms with Crippen molar-refractivity contribution in [3.8, 4) is 11.6 Å². The number of fused-ring (bicyclic) bond motifs is 1. The average Bonchev–Trinajstić information content (AvgIpc) is 2.78. The van der Waals surface area contributed by atoms with Crippen LogP contribution in [0.15, 0.2) is 52.3 Å². The highest BCUT2D eigenvalue weighted by atomic mass is 35.5. The average molecular weight is 460 g/mol. The molecule has 31 heavy (non-hydrogen) atoms. The number of aromatic hydroxyl groups is 1. The molecule has 1 fully saturated rings. The van der Waals surface area contributed by atoms with E-state index >= 15 is 0 Å². The number of ether oxygens (including phenoxy) is 1. The smallest absolute Gasteiger partial charge is 0.265 e. The monoisotopic (exact) mass is 459 g/mol. The molecule has 2 aromatic carbocycles. The van der Waals surface area contributed by atoms with Gasteiger partial charge in [-0.3, -0.25) is 14.7 Å². The molecule has 0 aliphatic carbocycles. The highest BCUT2D eigenvalue weighted by Gasteiger charge is 2.18. The highest BCUT2D eigenvalue weighted by Crippen LogP contribution is 2.30. The summed E-state index contributed by atoms with van der Waals surface area (Å²) in [6, 6.07) is 11.9. The second kappa shape index (κ2) is 9.83. The number of morpholine rings is 1. The first-order valence-corrected chi connectivity index (χ1v) is 10.9. The Hall–Kier alpha value is -2.38. The predicted molar refractivity (Wildman–Crippen MR) is 126 cm³/mol. The molecule has 1 aliphatic rings. The van der Waals surface area contributed by atoms with Crippen molar-refractivity contribution in [1.82, 2.24) is 9.47 Å². The third-order valence-corrected chi connectivity index (χ3v) is 5.89. The van der Waals surface area contributed by atoms with Crippen molar-refractivity contribution < 1.29 is 9.84 Å². The van der Waals surface area contributed by atoms with Gasteiger partial charge in [0.2, 0.25) is 5.88 Å². The number of aromatic nitrogens is 1. The first-order valence-electron chi connectivity index (χ1n) is 10.2. The summed E-state index contributed by atoms with van der Waals surface area (Å²) >= 11 is 12.4. The number of rotatable bonds is 6. The molecule has 1 aromatic heterocycles. The molecule has 6 nitrogen and oxygen atoms in total. The quantitative estimate of drug-likeness (QED) is 0.444. The van der Waals surface area contributed by atoms with Crippen LogP contribution in [0.1, 0.15) is 12.0 Å². The van der Waals surface area contributed by atoms with Gasteiger partial charge in [0, 0.05) is 48.2 Å². The van der Waals surface area contributed by atoms with Crippen LogP contribution in [-0.2, 0) is 4.74 Å². The Labute approximate surface area is 190 Å². The van der Waals surface area contributed by atoms with Gasteiger partial charge in [-0.15, -0.1) is 0 Å². The van der Waals surface area contributed by atoms with Crippen LogP contribution in [0, 0.1) is 0 Å². The summed E-state index contributed by atoms with van der Waals surface area (Å²) in [5.41, 5.74) is 0.420. The van der Waals surface area contributed by atoms with E-state index in [2.05, 4.69) is 9.89 Å². The van der Waals surface area contributed by atoms with Crippen molar-refractivity contribution in [2.24, 2.45) is 4.99 Å². The van der Waals surface area contributed by atoms with E-state index in [9.17, 15) is 9.90 Å². The molecule has 0 saturated carbocycles. The maximum Gasteiger partial charge on any atom is 0.265 e. The van der Waals surface area contributed by atoms with Gasteiger partial charge in [0.15, 0.2) is 0 Å². The number of pyridine rings is 1. The Morgan fingerprint density at radius 3 is 2.61 bits per heavy atom. The molecule has 1 aliphatic heterocycles. The van der Waals surface area contributed by atoms with Gasteiger partial charge in [0.25, 0.3) is 5.56 Å². The summed E-state index contributed by atoms with van der Waals surface area (Å²) in [5, 5.41) is 12.9. The summed E-state index contributed by atoms with van der Waals surface area (Å²) in [6.45, 7) is 5.00. The molecule has 8 heteroatoms. The van der Waals surface area contributed by atoms with Crippen LogP contribution >= 0.6 is 23.2 Å². The molecule has 0 spiro atoms. The second-order valence-corrected chi connectivity index (χ2v) is 8.21. The van der Waals surface area contributed by atoms with E-state index in [1.54, 1.807) is 42.6 Å². The minimum absolute atomic E-state index is 0.218. The van der Waals surface area contributed by atoms with E-state index in [1.807, 2.05) is 6.07 Å². The fourth-order valence-corrected chi connectivity index (χ4v) is 4.10. The van der Waals surface area contributed by atoms with E-state index in [0.29, 0.717) is 38.6 Å². The van der Waals surface area contributed by atoms with Crippen molar-refractivity contribution in [1.29, 1.82) is 0 Å². The zero-order valence-corrected chi connectivity index (χ0v) is 18.4. The van der Waals surface area contributed by atoms with Crippen LogP contribution in [0.3, 0.4) is 0 Å². The fourth-order valence-electron chi connectivity index (χ4n) is 3.74. The number of benzene rings is 2. The minimum atomic E-state index is -0.373. The molecular formula is C23H23Cl2N3O3. The number of aliphatic imine (C=N–C) groups is 1. The summed E-state index contributed by atoms with van der Waals surface area (Å²) in [5.74, 6) is -0.218. The Bertz CT molecular complexity index is 1170. The van der Waals surface area contributed by atoms with Crippen LogP contribution in [0.2, 0.25) is 10.0 Å². The Morgan fingerprint density at radius 1 is 1.10 bits per heavy atom. The van der Waals surface area contributed by atoms with Crippen molar-refractivity contribution in [3.05, 3.63) is 68.4 Å². The number of hydrogen-bond donors (Lipinski definition) is 1. The largest absolute Gasteiger partial charge is 0.494 e. The standard InChI is InChI=1S/C23H23Cl2N3O3/c24-16-6-7-20(25)21(14-16)28-22(29)18-5-2-1-4-17(18)19(23(28)30)15-26-8-3-9-27-10-12-31-13-11-27/h1-2,4-7,14-15,30H,3,8-13H2. The van der Waals surface area contributed by atoms with Gasteiger partial charge in [-0.05, 0) is 30.7 Å². The molecule has 0 radical (unpaired) electrons. The highest BCUT2D eigenvalue weighted by molar-refractivity contribution is 6.34. The van der Waals surface area contributed by atoms with Gasteiger partial charge in [0.1, 0.15) is 0 Å². The molecular weight excluding hydrogens is 437 g/mol. The lowest BCUT2D eigenvalue weighted by atomic mass is 10.1. The lowest BCUT2D eigenvalue weighted by molar-refractivity contribution is 0.0377. The molecule has 0 bridgehead atoms. The molecule has 1 N–H and O–H groups in total. The van der Waals surface area contributed by atoms with E-state index in [-0.39, 0.29) is 11.4 Å². The van der Waals surface area contributed by atoms with Gasteiger partial charge < -0.3 is 9.84 Å². The van der Waals surface area contributed by atoms with Crippen molar-refractivity contribution in [2.45, 2.75) is 6.42 Å². The minimum Gasteiger partial charge on any atom is -0.494 e. The maximum atomic E-state index is 13.2. The van der Waals surface area contributed by atoms with Crippen molar-refractivity contribution in [2.75, 3.05) is 39.4 Å². The summed E-state index contributed by atoms with van der Waals surface area (Å²) in [4.78, 5) is 20.0. The van der Waals surface area contributed by atoms with E-state index < -0.39 is 0 Å². The predicted octanol–water partition coefficient (Wildman–Crippen LogP) is 4.14. The van der Waals surface area contributed by atoms with Gasteiger partial charge in [-0.25, -0.2) is 4.57 Å². The summed E-state index contributed by atoms with van der Waals surface area (Å²) in [7, 11) is 0. The molecule has 162 valence electrons. The Kier molecular flexibility index (Phi) is 6.92. The van der Waals surface area contributed by atoms with Crippen molar-refractivity contribution in [3.63, 3.8) is 0 Å². The summed E-state index contributed by atoms with van der Waals surface area (Å²) < 4.78 is 6.55. The molecule has 0 unspecified atom stereocenters. The third kappa shape index (κ3) is 4.77. The number of nitrogens with zero attached hydrogens (tertiary/aromatic N) is 3. The topological polar surface area (TPSA) is 67.1 Å². The van der Waals surface area contributed by atoms with Gasteiger partial charge in [-0.1, -0.05) is 41.4 Å². The summed E-state index contributed by atoms with van der Waals surface area (Å²) in [6.07, 6.45) is 2.53. The normalized spacial score (nSPS) is 15.2. The SMILES string of the molecule is O=c1c2ccccc2c(C=NCCCN2CCOCC2)c(O)n1-c1cc(Cl)ccc1Cl. The van der Waals surface area contributed by atoms with Gasteiger partial charge >= 0.3 is 0 Å². The fraction of sp³-hybridized carbons (Fsp3) is 0.304. The molecule has 1 saturated heterocycles. The van der Waals surface area contributed by atoms with E-state index in [1.165, 1.54) is 4.57 Å². The second-order valence-electron chi connectivity index (χ2n) is 7.36. The van der Waals surface area contributed by atoms with E-state index in [0.717, 1.165) is 39.3 Å². The molecule has 4 rings (SSSR count). The molecule has 0 amide bonds. The van der Waals surface area contributed by atoms with Crippen LogP contribution in [-0.4, -0.2) is 60.2 Å². The zero-order chi connectivity index (χ0) is 21.8. The van der Waals surface area contributed by atoms with Gasteiger partial charge in [-0.2, -0.15) is 0 Å². The van der Waals surface area contributed by atoms with Crippen LogP contribution in [0.5, 0.6) is 5.88 Å². The molecule has 3 aromatic rings. The van der Waals surface area contributed by atoms with Crippen LogP contribution < -0.4 is 5.56 Å². The van der Waals surface area contributed by atoms with E-state index in [4.69, 9.17) is 27.9 Å². The zero-order valence-electron chi connectivity index (χ0n) is 16.9. The van der Waals surface area contributed by atoms with Crippen molar-refractivity contribution >= 4 is 40.2 Å². The van der Waals surface area contributed by atoms with Crippen LogP contribution in [0.4, 0.5) is 0 Å². The lowest BCUT2D eigenvalue weighted by Gasteiger charge is -2.26. The lowest BCUT2D eigenvalue weighted by Crippen LogP contribution is -2.37. The molecule has 0 atom stereocenters. The molecule has 2 heterocycles. The third-order valence-electron chi connectivity index (χ3n) is 5.34. The van der Waals surface area contributed by atoms with Crippen LogP contribution in [0.25, 0.3) is 16.5 Å². The van der Waals surface area contributed by atoms with Gasteiger partial charge in [0.05, 0.1) is 29.5 Å².